The van der Waals surface area contributed by atoms with Gasteiger partial charge in [0.05, 0.1) is 11.4 Å². The van der Waals surface area contributed by atoms with Crippen LogP contribution in [0, 0.1) is 0 Å². The lowest BCUT2D eigenvalue weighted by atomic mass is 9.85. The minimum Gasteiger partial charge on any atom is -0.269 e. The highest BCUT2D eigenvalue weighted by molar-refractivity contribution is 6.21. The minimum absolute atomic E-state index is 0.806. The molecule has 7 rings (SSSR count). The summed E-state index contributed by atoms with van der Waals surface area (Å²) in [5.74, 6) is 0. The van der Waals surface area contributed by atoms with E-state index < -0.39 is 0 Å². The highest BCUT2D eigenvalue weighted by atomic mass is 14.7. The quantitative estimate of drug-likeness (QED) is 0.115. The van der Waals surface area contributed by atoms with Crippen LogP contribution in [-0.4, -0.2) is 11.7 Å². The van der Waals surface area contributed by atoms with Gasteiger partial charge in [-0.05, 0) is 92.5 Å². The van der Waals surface area contributed by atoms with Crippen LogP contribution >= 0.6 is 0 Å². The van der Waals surface area contributed by atoms with Crippen LogP contribution in [0.4, 0.5) is 0 Å². The third kappa shape index (κ3) is 4.64. The first-order valence-corrected chi connectivity index (χ1v) is 14.5. The highest BCUT2D eigenvalue weighted by Gasteiger charge is 2.16. The van der Waals surface area contributed by atoms with Gasteiger partial charge in [-0.1, -0.05) is 122 Å². The van der Waals surface area contributed by atoms with E-state index >= 15 is 0 Å². The van der Waals surface area contributed by atoms with E-state index in [1.54, 1.807) is 6.08 Å². The largest absolute Gasteiger partial charge is 0.269 e. The fourth-order valence-electron chi connectivity index (χ4n) is 6.19. The average Bonchev–Trinajstić information content (AvgIpc) is 3.07. The number of hydrogen-bond donors (Lipinski definition) is 0. The number of aliphatic imine (C=N–C) groups is 1. The Kier molecular flexibility index (Phi) is 6.73. The van der Waals surface area contributed by atoms with Crippen molar-refractivity contribution in [2.75, 3.05) is 0 Å². The van der Waals surface area contributed by atoms with Crippen LogP contribution in [0.5, 0.6) is 0 Å². The first-order valence-electron chi connectivity index (χ1n) is 14.5. The molecule has 0 amide bonds. The van der Waals surface area contributed by atoms with Gasteiger partial charge in [-0.3, -0.25) is 4.99 Å². The van der Waals surface area contributed by atoms with Gasteiger partial charge < -0.3 is 0 Å². The summed E-state index contributed by atoms with van der Waals surface area (Å²) in [7, 11) is 0. The summed E-state index contributed by atoms with van der Waals surface area (Å²) in [6.45, 7) is 9.57. The monoisotopic (exact) mass is 550 g/mol. The number of benzene rings is 6. The number of hydrogen-bond acceptors (Lipinski definition) is 2. The number of aromatic nitrogens is 1. The van der Waals surface area contributed by atoms with E-state index in [1.165, 1.54) is 54.6 Å². The van der Waals surface area contributed by atoms with Gasteiger partial charge in [-0.15, -0.1) is 0 Å². The molecule has 43 heavy (non-hydrogen) atoms. The Morgan fingerprint density at radius 3 is 1.74 bits per heavy atom. The van der Waals surface area contributed by atoms with Crippen LogP contribution in [0.2, 0.25) is 0 Å². The molecule has 2 nitrogen and oxygen atoms in total. The molecule has 0 aliphatic carbocycles. The summed E-state index contributed by atoms with van der Waals surface area (Å²) in [6, 6.07) is 47.7. The molecule has 2 heteroatoms. The second-order valence-electron chi connectivity index (χ2n) is 10.8. The molecule has 0 atom stereocenters. The molecule has 0 unspecified atom stereocenters. The van der Waals surface area contributed by atoms with Crippen molar-refractivity contribution in [2.24, 2.45) is 4.99 Å². The van der Waals surface area contributed by atoms with Crippen molar-refractivity contribution in [3.63, 3.8) is 0 Å². The Hall–Kier alpha value is -5.60. The zero-order chi connectivity index (χ0) is 29.3. The van der Waals surface area contributed by atoms with Crippen molar-refractivity contribution < 1.29 is 0 Å². The lowest BCUT2D eigenvalue weighted by Crippen LogP contribution is -1.93. The van der Waals surface area contributed by atoms with Gasteiger partial charge in [0, 0.05) is 16.8 Å². The van der Waals surface area contributed by atoms with Crippen molar-refractivity contribution in [1.29, 1.82) is 0 Å². The molecule has 0 saturated carbocycles. The molecule has 0 spiro atoms. The molecular formula is C41H30N2. The van der Waals surface area contributed by atoms with Crippen molar-refractivity contribution >= 4 is 44.6 Å². The molecule has 204 valence electrons. The van der Waals surface area contributed by atoms with E-state index in [0.717, 1.165) is 28.2 Å². The fraction of sp³-hybridized carbons (Fsp3) is 0.0244. The highest BCUT2D eigenvalue weighted by Crippen LogP contribution is 2.44. The number of allylic oxidation sites excluding steroid dienone is 3. The van der Waals surface area contributed by atoms with Crippen LogP contribution in [0.3, 0.4) is 0 Å². The summed E-state index contributed by atoms with van der Waals surface area (Å²) in [6.07, 6.45) is 1.79. The van der Waals surface area contributed by atoms with Gasteiger partial charge in [0.1, 0.15) is 0 Å². The molecule has 0 aliphatic rings. The molecule has 6 aromatic carbocycles. The van der Waals surface area contributed by atoms with Crippen molar-refractivity contribution in [2.45, 2.75) is 6.92 Å². The SMILES string of the molecule is C=C/C(=C(/C)N=C)c1cccc(-c2ccc3ccc(-c4c5ccccc5c(-c5ccccc5)c5ccccc45)cc3c2)n1. The first kappa shape index (κ1) is 26.3. The normalized spacial score (nSPS) is 11.9. The van der Waals surface area contributed by atoms with Gasteiger partial charge >= 0.3 is 0 Å². The van der Waals surface area contributed by atoms with Gasteiger partial charge in [0.25, 0.3) is 0 Å². The maximum atomic E-state index is 4.97. The summed E-state index contributed by atoms with van der Waals surface area (Å²) in [5, 5.41) is 7.38. The van der Waals surface area contributed by atoms with Gasteiger partial charge in [0.2, 0.25) is 0 Å². The van der Waals surface area contributed by atoms with E-state index in [0.29, 0.717) is 0 Å². The van der Waals surface area contributed by atoms with Crippen LogP contribution in [-0.2, 0) is 0 Å². The first-order chi connectivity index (χ1) is 21.2. The molecule has 0 fully saturated rings. The maximum Gasteiger partial charge on any atom is 0.0727 e. The number of nitrogens with zero attached hydrogens (tertiary/aromatic N) is 2. The molecule has 0 bridgehead atoms. The summed E-state index contributed by atoms with van der Waals surface area (Å²) < 4.78 is 0. The van der Waals surface area contributed by atoms with E-state index in [1.807, 2.05) is 19.1 Å². The molecule has 1 aromatic heterocycles. The summed E-state index contributed by atoms with van der Waals surface area (Å²) >= 11 is 0. The molecule has 0 radical (unpaired) electrons. The molecule has 1 heterocycles. The van der Waals surface area contributed by atoms with Crippen molar-refractivity contribution in [3.05, 3.63) is 158 Å². The van der Waals surface area contributed by atoms with Gasteiger partial charge in [-0.25, -0.2) is 4.98 Å². The van der Waals surface area contributed by atoms with Crippen molar-refractivity contribution in [1.82, 2.24) is 4.98 Å². The lowest BCUT2D eigenvalue weighted by Gasteiger charge is -2.18. The topological polar surface area (TPSA) is 25.2 Å². The van der Waals surface area contributed by atoms with Gasteiger partial charge in [-0.2, -0.15) is 0 Å². The lowest BCUT2D eigenvalue weighted by molar-refractivity contribution is 1.25. The zero-order valence-electron chi connectivity index (χ0n) is 24.1. The van der Waals surface area contributed by atoms with E-state index in [-0.39, 0.29) is 0 Å². The zero-order valence-corrected chi connectivity index (χ0v) is 24.1. The van der Waals surface area contributed by atoms with Gasteiger partial charge in [0.15, 0.2) is 0 Å². The van der Waals surface area contributed by atoms with E-state index in [9.17, 15) is 0 Å². The average molecular weight is 551 g/mol. The summed E-state index contributed by atoms with van der Waals surface area (Å²) in [5.41, 5.74) is 9.46. The predicted octanol–water partition coefficient (Wildman–Crippen LogP) is 11.2. The molecule has 0 N–H and O–H groups in total. The van der Waals surface area contributed by atoms with E-state index in [2.05, 4.69) is 140 Å². The third-order valence-corrected chi connectivity index (χ3v) is 8.27. The standard InChI is InChI=1S/C41H30N2/c1-4-33(27(2)42-3)39-20-12-19-38(43-39)30-23-21-28-22-24-31(26-32(28)25-30)41-36-17-10-8-15-34(36)40(29-13-6-5-7-14-29)35-16-9-11-18-37(35)41/h4-26H,1,3H2,2H3/b33-27+. The maximum absolute atomic E-state index is 4.97. The molecule has 0 aliphatic heterocycles. The molecule has 7 aromatic rings. The fourth-order valence-corrected chi connectivity index (χ4v) is 6.19. The number of fused-ring (bicyclic) bond motifs is 3. The minimum atomic E-state index is 0.806. The Bertz CT molecular complexity index is 2160. The van der Waals surface area contributed by atoms with Crippen LogP contribution in [0.25, 0.3) is 71.4 Å². The second kappa shape index (κ2) is 11.0. The Morgan fingerprint density at radius 1 is 0.581 bits per heavy atom. The van der Waals surface area contributed by atoms with E-state index in [4.69, 9.17) is 4.98 Å². The third-order valence-electron chi connectivity index (χ3n) is 8.27. The number of rotatable bonds is 6. The second-order valence-corrected chi connectivity index (χ2v) is 10.8. The smallest absolute Gasteiger partial charge is 0.0727 e. The van der Waals surface area contributed by atoms with Crippen LogP contribution < -0.4 is 0 Å². The Balaban J connectivity index is 1.43. The van der Waals surface area contributed by atoms with Crippen molar-refractivity contribution in [3.8, 4) is 33.5 Å². The van der Waals surface area contributed by atoms with Crippen LogP contribution in [0.1, 0.15) is 12.6 Å². The predicted molar refractivity (Wildman–Crippen MR) is 185 cm³/mol. The van der Waals surface area contributed by atoms with Crippen LogP contribution in [0.15, 0.2) is 157 Å². The molecular weight excluding hydrogens is 520 g/mol. The molecule has 0 saturated heterocycles. The summed E-state index contributed by atoms with van der Waals surface area (Å²) in [4.78, 5) is 9.08. The Morgan fingerprint density at radius 2 is 1.14 bits per heavy atom. The number of pyridine rings is 1. The Labute approximate surface area is 252 Å².